The zero-order valence-electron chi connectivity index (χ0n) is 10.8. The minimum Gasteiger partial charge on any atom is -0.495 e. The molecule has 4 heteroatoms. The molecule has 0 radical (unpaired) electrons. The van der Waals surface area contributed by atoms with Crippen LogP contribution >= 0.6 is 11.6 Å². The fraction of sp³-hybridized carbons (Fsp3) is 0.200. The Morgan fingerprint density at radius 2 is 2.05 bits per heavy atom. The summed E-state index contributed by atoms with van der Waals surface area (Å²) < 4.78 is 18.7. The minimum atomic E-state index is -0.250. The average Bonchev–Trinajstić information content (AvgIpc) is 2.38. The lowest BCUT2D eigenvalue weighted by Gasteiger charge is -2.11. The maximum atomic E-state index is 13.6. The van der Waals surface area contributed by atoms with Crippen LogP contribution in [0.4, 0.5) is 10.1 Å². The van der Waals surface area contributed by atoms with E-state index in [4.69, 9.17) is 16.3 Å². The molecule has 0 saturated carbocycles. The maximum absolute atomic E-state index is 13.6. The number of ether oxygens (including phenoxy) is 1. The molecule has 0 bridgehead atoms. The van der Waals surface area contributed by atoms with E-state index >= 15 is 0 Å². The summed E-state index contributed by atoms with van der Waals surface area (Å²) in [5, 5.41) is 3.64. The van der Waals surface area contributed by atoms with Crippen molar-refractivity contribution >= 4 is 17.3 Å². The Hall–Kier alpha value is -1.74. The fourth-order valence-corrected chi connectivity index (χ4v) is 2.15. The molecule has 0 saturated heterocycles. The monoisotopic (exact) mass is 279 g/mol. The van der Waals surface area contributed by atoms with Gasteiger partial charge in [-0.2, -0.15) is 0 Å². The normalized spacial score (nSPS) is 10.3. The molecule has 0 aliphatic heterocycles. The van der Waals surface area contributed by atoms with Crippen molar-refractivity contribution in [1.82, 2.24) is 0 Å². The summed E-state index contributed by atoms with van der Waals surface area (Å²) in [5.74, 6) is 0.382. The maximum Gasteiger partial charge on any atom is 0.146 e. The second-order valence-electron chi connectivity index (χ2n) is 4.25. The van der Waals surface area contributed by atoms with Crippen LogP contribution in [0.3, 0.4) is 0 Å². The summed E-state index contributed by atoms with van der Waals surface area (Å²) >= 11 is 6.05. The number of rotatable bonds is 4. The summed E-state index contributed by atoms with van der Waals surface area (Å²) in [4.78, 5) is 0. The molecule has 0 aromatic heterocycles. The summed E-state index contributed by atoms with van der Waals surface area (Å²) in [6.07, 6.45) is 0. The van der Waals surface area contributed by atoms with E-state index < -0.39 is 0 Å². The first-order valence-corrected chi connectivity index (χ1v) is 6.31. The van der Waals surface area contributed by atoms with Crippen LogP contribution in [0, 0.1) is 12.7 Å². The van der Waals surface area contributed by atoms with Gasteiger partial charge < -0.3 is 10.1 Å². The molecule has 100 valence electrons. The topological polar surface area (TPSA) is 21.3 Å². The van der Waals surface area contributed by atoms with E-state index in [2.05, 4.69) is 5.32 Å². The van der Waals surface area contributed by atoms with E-state index in [9.17, 15) is 4.39 Å². The zero-order chi connectivity index (χ0) is 13.8. The molecule has 0 aliphatic carbocycles. The lowest BCUT2D eigenvalue weighted by molar-refractivity contribution is 0.415. The van der Waals surface area contributed by atoms with Crippen LogP contribution in [-0.2, 0) is 6.54 Å². The van der Waals surface area contributed by atoms with Crippen molar-refractivity contribution in [3.63, 3.8) is 0 Å². The van der Waals surface area contributed by atoms with Gasteiger partial charge in [-0.1, -0.05) is 29.8 Å². The van der Waals surface area contributed by atoms with Crippen molar-refractivity contribution in [2.24, 2.45) is 0 Å². The van der Waals surface area contributed by atoms with Gasteiger partial charge in [0.25, 0.3) is 0 Å². The molecule has 2 aromatic carbocycles. The number of hydrogen-bond donors (Lipinski definition) is 1. The number of aryl methyl sites for hydroxylation is 1. The van der Waals surface area contributed by atoms with Gasteiger partial charge in [0, 0.05) is 6.54 Å². The van der Waals surface area contributed by atoms with Crippen molar-refractivity contribution in [2.75, 3.05) is 12.4 Å². The summed E-state index contributed by atoms with van der Waals surface area (Å²) in [6, 6.07) is 10.5. The third kappa shape index (κ3) is 3.18. The molecule has 0 spiro atoms. The lowest BCUT2D eigenvalue weighted by Crippen LogP contribution is -2.03. The van der Waals surface area contributed by atoms with Crippen LogP contribution in [0.5, 0.6) is 5.75 Å². The molecule has 2 nitrogen and oxygen atoms in total. The number of methoxy groups -OCH3 is 1. The molecule has 0 fully saturated rings. The second-order valence-corrected chi connectivity index (χ2v) is 4.66. The summed E-state index contributed by atoms with van der Waals surface area (Å²) in [6.45, 7) is 2.37. The Morgan fingerprint density at radius 3 is 2.68 bits per heavy atom. The highest BCUT2D eigenvalue weighted by Gasteiger charge is 2.06. The van der Waals surface area contributed by atoms with Crippen molar-refractivity contribution in [3.05, 3.63) is 58.4 Å². The van der Waals surface area contributed by atoms with E-state index in [0.717, 1.165) is 11.1 Å². The minimum absolute atomic E-state index is 0.250. The second kappa shape index (κ2) is 5.93. The van der Waals surface area contributed by atoms with Crippen molar-refractivity contribution in [3.8, 4) is 5.75 Å². The molecule has 1 N–H and O–H groups in total. The lowest BCUT2D eigenvalue weighted by atomic mass is 10.1. The molecule has 0 aliphatic rings. The predicted octanol–water partition coefficient (Wildman–Crippen LogP) is 4.41. The number of benzene rings is 2. The number of halogens is 2. The van der Waals surface area contributed by atoms with E-state index in [1.165, 1.54) is 6.07 Å². The van der Waals surface area contributed by atoms with Gasteiger partial charge in [-0.05, 0) is 36.2 Å². The number of para-hydroxylation sites is 1. The Bertz CT molecular complexity index is 566. The van der Waals surface area contributed by atoms with Crippen molar-refractivity contribution in [2.45, 2.75) is 13.5 Å². The number of anilines is 1. The van der Waals surface area contributed by atoms with Gasteiger partial charge in [-0.3, -0.25) is 0 Å². The van der Waals surface area contributed by atoms with Gasteiger partial charge in [0.05, 0.1) is 17.8 Å². The number of hydrogen-bond acceptors (Lipinski definition) is 2. The van der Waals surface area contributed by atoms with Crippen LogP contribution in [0.25, 0.3) is 0 Å². The molecule has 0 amide bonds. The van der Waals surface area contributed by atoms with Gasteiger partial charge in [-0.15, -0.1) is 0 Å². The molecular weight excluding hydrogens is 265 g/mol. The Morgan fingerprint density at radius 1 is 1.26 bits per heavy atom. The molecule has 0 heterocycles. The average molecular weight is 280 g/mol. The van der Waals surface area contributed by atoms with Gasteiger partial charge >= 0.3 is 0 Å². The van der Waals surface area contributed by atoms with Crippen LogP contribution in [0.2, 0.25) is 5.02 Å². The highest BCUT2D eigenvalue weighted by atomic mass is 35.5. The quantitative estimate of drug-likeness (QED) is 0.895. The SMILES string of the molecule is COc1ccc(CNc2c(C)cccc2F)cc1Cl. The molecule has 2 rings (SSSR count). The van der Waals surface area contributed by atoms with Crippen LogP contribution in [-0.4, -0.2) is 7.11 Å². The smallest absolute Gasteiger partial charge is 0.146 e. The molecular formula is C15H15ClFNO. The van der Waals surface area contributed by atoms with Crippen LogP contribution in [0.15, 0.2) is 36.4 Å². The standard InChI is InChI=1S/C15H15ClFNO/c1-10-4-3-5-13(17)15(10)18-9-11-6-7-14(19-2)12(16)8-11/h3-8,18H,9H2,1-2H3. The van der Waals surface area contributed by atoms with E-state index in [1.807, 2.05) is 25.1 Å². The van der Waals surface area contributed by atoms with Crippen molar-refractivity contribution < 1.29 is 9.13 Å². The first-order valence-electron chi connectivity index (χ1n) is 5.93. The first kappa shape index (κ1) is 13.7. The van der Waals surface area contributed by atoms with E-state index in [1.54, 1.807) is 19.2 Å². The third-order valence-corrected chi connectivity index (χ3v) is 3.20. The Kier molecular flexibility index (Phi) is 4.27. The largest absolute Gasteiger partial charge is 0.495 e. The highest BCUT2D eigenvalue weighted by molar-refractivity contribution is 6.32. The predicted molar refractivity (Wildman–Crippen MR) is 76.5 cm³/mol. The highest BCUT2D eigenvalue weighted by Crippen LogP contribution is 2.26. The molecule has 2 aromatic rings. The molecule has 19 heavy (non-hydrogen) atoms. The fourth-order valence-electron chi connectivity index (χ4n) is 1.87. The van der Waals surface area contributed by atoms with Gasteiger partial charge in [0.1, 0.15) is 11.6 Å². The molecule has 0 unspecified atom stereocenters. The third-order valence-electron chi connectivity index (χ3n) is 2.91. The Labute approximate surface area is 117 Å². The Balaban J connectivity index is 2.13. The van der Waals surface area contributed by atoms with Gasteiger partial charge in [-0.25, -0.2) is 4.39 Å². The van der Waals surface area contributed by atoms with Crippen LogP contribution < -0.4 is 10.1 Å². The van der Waals surface area contributed by atoms with Crippen LogP contribution in [0.1, 0.15) is 11.1 Å². The summed E-state index contributed by atoms with van der Waals surface area (Å²) in [5.41, 5.74) is 2.36. The zero-order valence-corrected chi connectivity index (χ0v) is 11.6. The molecule has 0 atom stereocenters. The van der Waals surface area contributed by atoms with E-state index in [-0.39, 0.29) is 5.82 Å². The van der Waals surface area contributed by atoms with Crippen molar-refractivity contribution in [1.29, 1.82) is 0 Å². The summed E-state index contributed by atoms with van der Waals surface area (Å²) in [7, 11) is 1.57. The number of nitrogens with one attached hydrogen (secondary N) is 1. The van der Waals surface area contributed by atoms with E-state index in [0.29, 0.717) is 23.0 Å². The van der Waals surface area contributed by atoms with Gasteiger partial charge in [0.2, 0.25) is 0 Å². The first-order chi connectivity index (χ1) is 9.11. The van der Waals surface area contributed by atoms with Gasteiger partial charge in [0.15, 0.2) is 0 Å².